The van der Waals surface area contributed by atoms with Crippen LogP contribution < -0.4 is 4.72 Å². The Morgan fingerprint density at radius 1 is 1.53 bits per heavy atom. The van der Waals surface area contributed by atoms with Crippen LogP contribution in [-0.4, -0.2) is 28.3 Å². The van der Waals surface area contributed by atoms with E-state index in [0.717, 1.165) is 11.3 Å². The lowest BCUT2D eigenvalue weighted by Gasteiger charge is -2.10. The summed E-state index contributed by atoms with van der Waals surface area (Å²) in [5.74, 6) is 0. The Hall–Kier alpha value is -1.45. The first kappa shape index (κ1) is 14.0. The SMILES string of the molecule is CC(C)n1cc(S(=O)(=O)Nc2nncs2)cc1CO. The highest BCUT2D eigenvalue weighted by Gasteiger charge is 2.20. The second-order valence-corrected chi connectivity index (χ2v) is 6.69. The highest BCUT2D eigenvalue weighted by Crippen LogP contribution is 2.21. The summed E-state index contributed by atoms with van der Waals surface area (Å²) >= 11 is 1.10. The van der Waals surface area contributed by atoms with Crippen LogP contribution in [0.2, 0.25) is 0 Å². The number of nitrogens with zero attached hydrogens (tertiary/aromatic N) is 3. The van der Waals surface area contributed by atoms with Crippen molar-refractivity contribution in [2.45, 2.75) is 31.4 Å². The van der Waals surface area contributed by atoms with Crippen molar-refractivity contribution in [2.24, 2.45) is 0 Å². The standard InChI is InChI=1S/C10H14N4O3S2/c1-7(2)14-4-9(3-8(14)5-15)19(16,17)13-10-12-11-6-18-10/h3-4,6-7,15H,5H2,1-2H3,(H,12,13). The summed E-state index contributed by atoms with van der Waals surface area (Å²) in [4.78, 5) is 0.0976. The first-order chi connectivity index (χ1) is 8.94. The molecule has 0 bridgehead atoms. The summed E-state index contributed by atoms with van der Waals surface area (Å²) in [6.45, 7) is 3.61. The Morgan fingerprint density at radius 3 is 2.74 bits per heavy atom. The minimum atomic E-state index is -3.70. The van der Waals surface area contributed by atoms with Crippen LogP contribution in [0.15, 0.2) is 22.7 Å². The number of hydrogen-bond acceptors (Lipinski definition) is 6. The van der Waals surface area contributed by atoms with E-state index in [4.69, 9.17) is 0 Å². The molecule has 0 amide bonds. The molecule has 0 radical (unpaired) electrons. The minimum Gasteiger partial charge on any atom is -0.390 e. The lowest BCUT2D eigenvalue weighted by atomic mass is 10.3. The van der Waals surface area contributed by atoms with Crippen molar-refractivity contribution in [1.29, 1.82) is 0 Å². The van der Waals surface area contributed by atoms with Crippen LogP contribution in [-0.2, 0) is 16.6 Å². The van der Waals surface area contributed by atoms with E-state index in [2.05, 4.69) is 14.9 Å². The highest BCUT2D eigenvalue weighted by molar-refractivity contribution is 7.93. The number of sulfonamides is 1. The topological polar surface area (TPSA) is 97.1 Å². The molecular formula is C10H14N4O3S2. The smallest absolute Gasteiger partial charge is 0.265 e. The summed E-state index contributed by atoms with van der Waals surface area (Å²) in [6, 6.07) is 1.51. The predicted octanol–water partition coefficient (Wildman–Crippen LogP) is 1.21. The summed E-state index contributed by atoms with van der Waals surface area (Å²) < 4.78 is 28.3. The third kappa shape index (κ3) is 2.94. The van der Waals surface area contributed by atoms with Gasteiger partial charge in [-0.3, -0.25) is 4.72 Å². The molecule has 2 aromatic rings. The van der Waals surface area contributed by atoms with E-state index in [9.17, 15) is 13.5 Å². The van der Waals surface area contributed by atoms with Crippen LogP contribution >= 0.6 is 11.3 Å². The van der Waals surface area contributed by atoms with Gasteiger partial charge in [0.2, 0.25) is 5.13 Å². The van der Waals surface area contributed by atoms with Crippen LogP contribution in [0.4, 0.5) is 5.13 Å². The minimum absolute atomic E-state index is 0.0626. The Bertz CT molecular complexity index is 646. The van der Waals surface area contributed by atoms with Gasteiger partial charge < -0.3 is 9.67 Å². The van der Waals surface area contributed by atoms with Crippen molar-refractivity contribution in [3.8, 4) is 0 Å². The van der Waals surface area contributed by atoms with Gasteiger partial charge in [0.05, 0.1) is 6.61 Å². The van der Waals surface area contributed by atoms with Gasteiger partial charge in [0.15, 0.2) is 0 Å². The van der Waals surface area contributed by atoms with Crippen LogP contribution in [0.1, 0.15) is 25.6 Å². The zero-order valence-corrected chi connectivity index (χ0v) is 12.1. The zero-order chi connectivity index (χ0) is 14.0. The number of hydrogen-bond donors (Lipinski definition) is 2. The van der Waals surface area contributed by atoms with Gasteiger partial charge >= 0.3 is 0 Å². The molecule has 104 valence electrons. The number of nitrogens with one attached hydrogen (secondary N) is 1. The normalized spacial score (nSPS) is 12.0. The third-order valence-corrected chi connectivity index (χ3v) is 4.56. The largest absolute Gasteiger partial charge is 0.390 e. The molecule has 0 aliphatic heterocycles. The summed E-state index contributed by atoms with van der Waals surface area (Å²) in [5.41, 5.74) is 1.99. The average Bonchev–Trinajstić information content (AvgIpc) is 2.95. The van der Waals surface area contributed by atoms with Crippen LogP contribution in [0.25, 0.3) is 0 Å². The molecule has 0 atom stereocenters. The Kier molecular flexibility index (Phi) is 3.88. The van der Waals surface area contributed by atoms with E-state index in [1.807, 2.05) is 13.8 Å². The first-order valence-corrected chi connectivity index (χ1v) is 7.91. The van der Waals surface area contributed by atoms with Gasteiger partial charge in [0, 0.05) is 17.9 Å². The number of aliphatic hydroxyl groups is 1. The Morgan fingerprint density at radius 2 is 2.26 bits per heavy atom. The molecule has 2 aromatic heterocycles. The van der Waals surface area contributed by atoms with Gasteiger partial charge in [-0.25, -0.2) is 8.42 Å². The quantitative estimate of drug-likeness (QED) is 0.865. The first-order valence-electron chi connectivity index (χ1n) is 5.54. The highest BCUT2D eigenvalue weighted by atomic mass is 32.2. The van der Waals surface area contributed by atoms with Crippen molar-refractivity contribution in [3.05, 3.63) is 23.5 Å². The average molecular weight is 302 g/mol. The van der Waals surface area contributed by atoms with Gasteiger partial charge in [-0.05, 0) is 19.9 Å². The molecule has 9 heteroatoms. The van der Waals surface area contributed by atoms with Crippen molar-refractivity contribution in [3.63, 3.8) is 0 Å². The fourth-order valence-electron chi connectivity index (χ4n) is 1.64. The van der Waals surface area contributed by atoms with Crippen LogP contribution in [0, 0.1) is 0 Å². The molecule has 0 aliphatic carbocycles. The van der Waals surface area contributed by atoms with E-state index in [-0.39, 0.29) is 22.7 Å². The Labute approximate surface area is 115 Å². The summed E-state index contributed by atoms with van der Waals surface area (Å²) in [5, 5.41) is 16.7. The van der Waals surface area contributed by atoms with E-state index in [0.29, 0.717) is 5.69 Å². The number of aliphatic hydroxyl groups excluding tert-OH is 1. The summed E-state index contributed by atoms with van der Waals surface area (Å²) in [6.07, 6.45) is 1.50. The van der Waals surface area contributed by atoms with Gasteiger partial charge in [-0.2, -0.15) is 0 Å². The lowest BCUT2D eigenvalue weighted by Crippen LogP contribution is -2.12. The van der Waals surface area contributed by atoms with Crippen molar-refractivity contribution < 1.29 is 13.5 Å². The summed E-state index contributed by atoms with van der Waals surface area (Å²) in [7, 11) is -3.70. The monoisotopic (exact) mass is 302 g/mol. The van der Waals surface area contributed by atoms with Gasteiger partial charge in [-0.15, -0.1) is 10.2 Å². The van der Waals surface area contributed by atoms with Gasteiger partial charge in [0.1, 0.15) is 10.4 Å². The molecule has 2 N–H and O–H groups in total. The zero-order valence-electron chi connectivity index (χ0n) is 10.4. The van der Waals surface area contributed by atoms with E-state index < -0.39 is 10.0 Å². The number of anilines is 1. The van der Waals surface area contributed by atoms with E-state index in [1.165, 1.54) is 17.8 Å². The molecule has 0 saturated carbocycles. The molecule has 19 heavy (non-hydrogen) atoms. The Balaban J connectivity index is 2.35. The molecule has 0 spiro atoms. The van der Waals surface area contributed by atoms with Crippen molar-refractivity contribution in [2.75, 3.05) is 4.72 Å². The van der Waals surface area contributed by atoms with Gasteiger partial charge in [-0.1, -0.05) is 11.3 Å². The number of rotatable bonds is 5. The molecule has 0 fully saturated rings. The predicted molar refractivity (Wildman–Crippen MR) is 71.5 cm³/mol. The fraction of sp³-hybridized carbons (Fsp3) is 0.400. The molecule has 0 aliphatic rings. The molecule has 0 saturated heterocycles. The second kappa shape index (κ2) is 5.27. The maximum absolute atomic E-state index is 12.1. The molecule has 7 nitrogen and oxygen atoms in total. The van der Waals surface area contributed by atoms with Crippen LogP contribution in [0.5, 0.6) is 0 Å². The maximum Gasteiger partial charge on any atom is 0.265 e. The molecular weight excluding hydrogens is 288 g/mol. The lowest BCUT2D eigenvalue weighted by molar-refractivity contribution is 0.268. The van der Waals surface area contributed by atoms with Gasteiger partial charge in [0.25, 0.3) is 10.0 Å². The fourth-order valence-corrected chi connectivity index (χ4v) is 3.38. The van der Waals surface area contributed by atoms with E-state index >= 15 is 0 Å². The molecule has 0 unspecified atom stereocenters. The van der Waals surface area contributed by atoms with Crippen LogP contribution in [0.3, 0.4) is 0 Å². The molecule has 2 heterocycles. The molecule has 0 aromatic carbocycles. The number of aromatic nitrogens is 3. The third-order valence-electron chi connectivity index (χ3n) is 2.52. The van der Waals surface area contributed by atoms with Crippen molar-refractivity contribution >= 4 is 26.5 Å². The van der Waals surface area contributed by atoms with E-state index in [1.54, 1.807) is 4.57 Å². The maximum atomic E-state index is 12.1. The molecule has 2 rings (SSSR count). The van der Waals surface area contributed by atoms with Crippen molar-refractivity contribution in [1.82, 2.24) is 14.8 Å². The second-order valence-electron chi connectivity index (χ2n) is 4.18.